The molecule has 0 aliphatic heterocycles. The Morgan fingerprint density at radius 2 is 1.83 bits per heavy atom. The molecule has 120 valence electrons. The molecule has 0 radical (unpaired) electrons. The number of rotatable bonds is 1. The summed E-state index contributed by atoms with van der Waals surface area (Å²) in [4.78, 5) is 29.0. The third-order valence-electron chi connectivity index (χ3n) is 4.14. The molecular formula is C17H15N5O2. The Labute approximate surface area is 137 Å². The quantitative estimate of drug-likeness (QED) is 0.721. The highest BCUT2D eigenvalue weighted by atomic mass is 16.2. The lowest BCUT2D eigenvalue weighted by Crippen LogP contribution is -2.37. The number of aromatic nitrogens is 3. The van der Waals surface area contributed by atoms with Crippen LogP contribution in [0, 0.1) is 18.3 Å². The largest absolute Gasteiger partial charge is 0.383 e. The summed E-state index contributed by atoms with van der Waals surface area (Å²) in [6.07, 6.45) is 0. The van der Waals surface area contributed by atoms with Crippen LogP contribution in [0.15, 0.2) is 33.9 Å². The summed E-state index contributed by atoms with van der Waals surface area (Å²) in [6.45, 7) is 1.88. The van der Waals surface area contributed by atoms with E-state index in [0.717, 1.165) is 10.1 Å². The molecule has 3 rings (SSSR count). The van der Waals surface area contributed by atoms with Crippen LogP contribution in [-0.4, -0.2) is 14.1 Å². The highest BCUT2D eigenvalue weighted by molar-refractivity contribution is 5.98. The minimum absolute atomic E-state index is 0.00786. The van der Waals surface area contributed by atoms with Crippen molar-refractivity contribution in [2.45, 2.75) is 6.92 Å². The van der Waals surface area contributed by atoms with E-state index in [1.807, 2.05) is 37.3 Å². The average molecular weight is 321 g/mol. The summed E-state index contributed by atoms with van der Waals surface area (Å²) in [5.41, 5.74) is 7.24. The van der Waals surface area contributed by atoms with Crippen molar-refractivity contribution in [3.8, 4) is 17.2 Å². The summed E-state index contributed by atoms with van der Waals surface area (Å²) in [7, 11) is 2.92. The monoisotopic (exact) mass is 321 g/mol. The number of hydrogen-bond donors (Lipinski definition) is 1. The number of benzene rings is 1. The molecule has 0 saturated carbocycles. The first-order valence-corrected chi connectivity index (χ1v) is 7.23. The van der Waals surface area contributed by atoms with Crippen LogP contribution >= 0.6 is 0 Å². The average Bonchev–Trinajstić information content (AvgIpc) is 2.57. The number of hydrogen-bond acceptors (Lipinski definition) is 5. The summed E-state index contributed by atoms with van der Waals surface area (Å²) >= 11 is 0. The van der Waals surface area contributed by atoms with Crippen molar-refractivity contribution in [3.05, 3.63) is 56.2 Å². The summed E-state index contributed by atoms with van der Waals surface area (Å²) in [5, 5.41) is 9.76. The molecule has 1 aromatic carbocycles. The molecule has 0 bridgehead atoms. The van der Waals surface area contributed by atoms with Crippen LogP contribution in [0.2, 0.25) is 0 Å². The Kier molecular flexibility index (Phi) is 3.45. The number of anilines is 1. The number of nitrogens with two attached hydrogens (primary N) is 1. The number of nitriles is 1. The number of nitrogen functional groups attached to an aromatic ring is 1. The van der Waals surface area contributed by atoms with Crippen LogP contribution in [0.5, 0.6) is 0 Å². The van der Waals surface area contributed by atoms with Crippen molar-refractivity contribution in [1.82, 2.24) is 14.1 Å². The van der Waals surface area contributed by atoms with Crippen LogP contribution in [0.25, 0.3) is 22.2 Å². The van der Waals surface area contributed by atoms with Gasteiger partial charge in [-0.2, -0.15) is 5.26 Å². The van der Waals surface area contributed by atoms with Gasteiger partial charge in [0.1, 0.15) is 17.5 Å². The van der Waals surface area contributed by atoms with E-state index in [1.165, 1.54) is 18.7 Å². The number of nitrogens with zero attached hydrogens (tertiary/aromatic N) is 4. The molecule has 0 unspecified atom stereocenters. The molecule has 0 saturated heterocycles. The van der Waals surface area contributed by atoms with Gasteiger partial charge in [-0.05, 0) is 18.1 Å². The first-order chi connectivity index (χ1) is 11.4. The molecule has 24 heavy (non-hydrogen) atoms. The van der Waals surface area contributed by atoms with E-state index < -0.39 is 11.2 Å². The number of aryl methyl sites for hydroxylation is 2. The Balaban J connectivity index is 2.72. The molecule has 0 spiro atoms. The van der Waals surface area contributed by atoms with Crippen molar-refractivity contribution in [3.63, 3.8) is 0 Å². The maximum atomic E-state index is 12.7. The maximum Gasteiger partial charge on any atom is 0.332 e. The van der Waals surface area contributed by atoms with Gasteiger partial charge in [-0.15, -0.1) is 0 Å². The molecule has 7 heteroatoms. The van der Waals surface area contributed by atoms with Crippen molar-refractivity contribution >= 4 is 16.9 Å². The SMILES string of the molecule is Cc1ccccc1-c1c(C#N)c(N)nc2c1c(=O)n(C)c(=O)n2C. The predicted molar refractivity (Wildman–Crippen MR) is 91.5 cm³/mol. The molecule has 3 aromatic rings. The fourth-order valence-electron chi connectivity index (χ4n) is 2.84. The van der Waals surface area contributed by atoms with E-state index in [2.05, 4.69) is 4.98 Å². The first kappa shape index (κ1) is 15.5. The Morgan fingerprint density at radius 1 is 1.17 bits per heavy atom. The van der Waals surface area contributed by atoms with E-state index in [4.69, 9.17) is 5.73 Å². The minimum Gasteiger partial charge on any atom is -0.383 e. The van der Waals surface area contributed by atoms with Gasteiger partial charge >= 0.3 is 5.69 Å². The van der Waals surface area contributed by atoms with Crippen LogP contribution in [0.3, 0.4) is 0 Å². The Hall–Kier alpha value is -3.40. The van der Waals surface area contributed by atoms with E-state index in [9.17, 15) is 14.9 Å². The zero-order chi connectivity index (χ0) is 17.6. The van der Waals surface area contributed by atoms with Gasteiger partial charge in [0.25, 0.3) is 5.56 Å². The van der Waals surface area contributed by atoms with Gasteiger partial charge < -0.3 is 5.73 Å². The van der Waals surface area contributed by atoms with Gasteiger partial charge in [-0.25, -0.2) is 9.78 Å². The second-order valence-electron chi connectivity index (χ2n) is 5.58. The number of fused-ring (bicyclic) bond motifs is 1. The Morgan fingerprint density at radius 3 is 2.46 bits per heavy atom. The van der Waals surface area contributed by atoms with Gasteiger partial charge in [0.05, 0.1) is 5.39 Å². The van der Waals surface area contributed by atoms with Gasteiger partial charge in [0.15, 0.2) is 5.65 Å². The predicted octanol–water partition coefficient (Wildman–Crippen LogP) is 1.06. The molecule has 0 aliphatic carbocycles. The Bertz CT molecular complexity index is 1150. The molecule has 0 atom stereocenters. The van der Waals surface area contributed by atoms with Crippen LogP contribution < -0.4 is 17.0 Å². The molecule has 7 nitrogen and oxygen atoms in total. The van der Waals surface area contributed by atoms with Gasteiger partial charge in [-0.3, -0.25) is 13.9 Å². The third kappa shape index (κ3) is 2.01. The van der Waals surface area contributed by atoms with Crippen molar-refractivity contribution in [2.24, 2.45) is 14.1 Å². The smallest absolute Gasteiger partial charge is 0.332 e. The molecule has 2 aromatic heterocycles. The fourth-order valence-corrected chi connectivity index (χ4v) is 2.84. The lowest BCUT2D eigenvalue weighted by atomic mass is 9.94. The van der Waals surface area contributed by atoms with Crippen LogP contribution in [0.1, 0.15) is 11.1 Å². The number of pyridine rings is 1. The van der Waals surface area contributed by atoms with E-state index in [-0.39, 0.29) is 22.4 Å². The van der Waals surface area contributed by atoms with E-state index in [0.29, 0.717) is 11.1 Å². The zero-order valence-electron chi connectivity index (χ0n) is 13.5. The molecule has 2 N–H and O–H groups in total. The van der Waals surface area contributed by atoms with Crippen molar-refractivity contribution in [2.75, 3.05) is 5.73 Å². The van der Waals surface area contributed by atoms with Crippen molar-refractivity contribution < 1.29 is 0 Å². The van der Waals surface area contributed by atoms with Gasteiger partial charge in [0.2, 0.25) is 0 Å². The molecular weight excluding hydrogens is 306 g/mol. The summed E-state index contributed by atoms with van der Waals surface area (Å²) in [5.74, 6) is -0.00786. The van der Waals surface area contributed by atoms with Gasteiger partial charge in [0, 0.05) is 19.7 Å². The highest BCUT2D eigenvalue weighted by Crippen LogP contribution is 2.33. The summed E-state index contributed by atoms with van der Waals surface area (Å²) in [6, 6.07) is 9.42. The van der Waals surface area contributed by atoms with E-state index >= 15 is 0 Å². The lowest BCUT2D eigenvalue weighted by Gasteiger charge is -2.15. The van der Waals surface area contributed by atoms with Crippen LogP contribution in [-0.2, 0) is 14.1 Å². The second kappa shape index (κ2) is 5.35. The van der Waals surface area contributed by atoms with Crippen LogP contribution in [0.4, 0.5) is 5.82 Å². The maximum absolute atomic E-state index is 12.7. The van der Waals surface area contributed by atoms with E-state index in [1.54, 1.807) is 0 Å². The lowest BCUT2D eigenvalue weighted by molar-refractivity contribution is 0.708. The standard InChI is InChI=1S/C17H15N5O2/c1-9-6-4-5-7-10(9)12-11(8-18)14(19)20-15-13(12)16(23)22(3)17(24)21(15)2/h4-7H,1-3H3,(H2,19,20). The topological polar surface area (TPSA) is 107 Å². The fraction of sp³-hybridized carbons (Fsp3) is 0.176. The zero-order valence-corrected chi connectivity index (χ0v) is 13.5. The first-order valence-electron chi connectivity index (χ1n) is 7.23. The summed E-state index contributed by atoms with van der Waals surface area (Å²) < 4.78 is 2.26. The minimum atomic E-state index is -0.504. The molecule has 0 amide bonds. The highest BCUT2D eigenvalue weighted by Gasteiger charge is 2.21. The third-order valence-corrected chi connectivity index (χ3v) is 4.14. The molecule has 0 aliphatic rings. The molecule has 2 heterocycles. The van der Waals surface area contributed by atoms with Gasteiger partial charge in [-0.1, -0.05) is 24.3 Å². The second-order valence-corrected chi connectivity index (χ2v) is 5.58. The normalized spacial score (nSPS) is 10.8. The molecule has 0 fully saturated rings. The van der Waals surface area contributed by atoms with Crippen molar-refractivity contribution in [1.29, 1.82) is 5.26 Å².